The van der Waals surface area contributed by atoms with Crippen molar-refractivity contribution >= 4 is 39.9 Å². The second kappa shape index (κ2) is 10.7. The van der Waals surface area contributed by atoms with Crippen molar-refractivity contribution in [3.8, 4) is 5.75 Å². The maximum Gasteiger partial charge on any atom is 0.350 e. The molecule has 0 spiro atoms. The lowest BCUT2D eigenvalue weighted by Crippen LogP contribution is -2.29. The van der Waals surface area contributed by atoms with Gasteiger partial charge in [0, 0.05) is 5.56 Å². The molecule has 1 unspecified atom stereocenters. The van der Waals surface area contributed by atoms with Crippen molar-refractivity contribution in [1.29, 1.82) is 0 Å². The van der Waals surface area contributed by atoms with Gasteiger partial charge in [-0.25, -0.2) is 9.78 Å². The van der Waals surface area contributed by atoms with Gasteiger partial charge in [0.15, 0.2) is 5.13 Å². The standard InChI is InChI=1S/C27H26N2O6S/c1-4-14-35-19-13-9-12-18(15-19)21-20(22(30)17-10-7-6-8-11-17)23(31)25(32)29(21)27-28-16(3)24(36-27)26(33)34-5-2/h6-13,15,21,30H,4-5,14H2,1-3H3. The first-order valence-corrected chi connectivity index (χ1v) is 12.4. The molecule has 2 aromatic carbocycles. The Bertz CT molecular complexity index is 1330. The van der Waals surface area contributed by atoms with E-state index >= 15 is 0 Å². The predicted octanol–water partition coefficient (Wildman–Crippen LogP) is 5.04. The molecule has 0 radical (unpaired) electrons. The van der Waals surface area contributed by atoms with E-state index in [4.69, 9.17) is 9.47 Å². The minimum atomic E-state index is -0.976. The van der Waals surface area contributed by atoms with Gasteiger partial charge in [-0.3, -0.25) is 14.5 Å². The molecule has 2 heterocycles. The van der Waals surface area contributed by atoms with Gasteiger partial charge in [0.05, 0.1) is 30.5 Å². The van der Waals surface area contributed by atoms with Crippen LogP contribution in [0.5, 0.6) is 5.75 Å². The largest absolute Gasteiger partial charge is 0.507 e. The summed E-state index contributed by atoms with van der Waals surface area (Å²) in [6.45, 7) is 6.02. The fourth-order valence-electron chi connectivity index (χ4n) is 3.96. The topological polar surface area (TPSA) is 106 Å². The second-order valence-corrected chi connectivity index (χ2v) is 9.07. The van der Waals surface area contributed by atoms with Crippen LogP contribution in [0.15, 0.2) is 60.2 Å². The van der Waals surface area contributed by atoms with Gasteiger partial charge in [0.1, 0.15) is 16.4 Å². The summed E-state index contributed by atoms with van der Waals surface area (Å²) < 4.78 is 10.9. The molecule has 1 aliphatic rings. The molecule has 0 aliphatic carbocycles. The Labute approximate surface area is 212 Å². The number of benzene rings is 2. The molecule has 1 aromatic heterocycles. The number of Topliss-reactive ketones (excluding diaryl/α,β-unsaturated/α-hetero) is 1. The Morgan fingerprint density at radius 2 is 1.86 bits per heavy atom. The highest BCUT2D eigenvalue weighted by atomic mass is 32.1. The van der Waals surface area contributed by atoms with Crippen LogP contribution < -0.4 is 9.64 Å². The molecule has 1 fully saturated rings. The summed E-state index contributed by atoms with van der Waals surface area (Å²) in [5.41, 5.74) is 1.29. The SMILES string of the molecule is CCCOc1cccc(C2C(=C(O)c3ccccc3)C(=O)C(=O)N2c2nc(C)c(C(=O)OCC)s2)c1. The third-order valence-corrected chi connectivity index (χ3v) is 6.73. The summed E-state index contributed by atoms with van der Waals surface area (Å²) in [6, 6.07) is 14.6. The Morgan fingerprint density at radius 3 is 2.56 bits per heavy atom. The third-order valence-electron chi connectivity index (χ3n) is 5.59. The molecule has 1 N–H and O–H groups in total. The smallest absolute Gasteiger partial charge is 0.350 e. The first-order chi connectivity index (χ1) is 17.4. The Morgan fingerprint density at radius 1 is 1.11 bits per heavy atom. The number of hydrogen-bond donors (Lipinski definition) is 1. The number of thiazole rings is 1. The van der Waals surface area contributed by atoms with E-state index in [9.17, 15) is 19.5 Å². The number of carbonyl (C=O) groups is 3. The van der Waals surface area contributed by atoms with E-state index < -0.39 is 23.7 Å². The van der Waals surface area contributed by atoms with Gasteiger partial charge >= 0.3 is 11.9 Å². The van der Waals surface area contributed by atoms with E-state index in [1.165, 1.54) is 4.90 Å². The average Bonchev–Trinajstić information content (AvgIpc) is 3.40. The number of carbonyl (C=O) groups excluding carboxylic acids is 3. The van der Waals surface area contributed by atoms with Gasteiger partial charge < -0.3 is 14.6 Å². The summed E-state index contributed by atoms with van der Waals surface area (Å²) in [5.74, 6) is -1.96. The van der Waals surface area contributed by atoms with Crippen LogP contribution in [0.3, 0.4) is 0 Å². The van der Waals surface area contributed by atoms with Crippen molar-refractivity contribution in [3.05, 3.63) is 81.9 Å². The zero-order valence-electron chi connectivity index (χ0n) is 20.2. The lowest BCUT2D eigenvalue weighted by atomic mass is 9.95. The summed E-state index contributed by atoms with van der Waals surface area (Å²) >= 11 is 0.968. The van der Waals surface area contributed by atoms with E-state index in [1.807, 2.05) is 6.92 Å². The molecule has 186 valence electrons. The molecule has 36 heavy (non-hydrogen) atoms. The molecule has 1 atom stereocenters. The quantitative estimate of drug-likeness (QED) is 0.197. The van der Waals surface area contributed by atoms with Crippen LogP contribution in [0.2, 0.25) is 0 Å². The highest BCUT2D eigenvalue weighted by molar-refractivity contribution is 7.17. The van der Waals surface area contributed by atoms with E-state index in [0.29, 0.717) is 29.2 Å². The van der Waals surface area contributed by atoms with Gasteiger partial charge in [-0.2, -0.15) is 0 Å². The van der Waals surface area contributed by atoms with Crippen LogP contribution in [0, 0.1) is 6.92 Å². The van der Waals surface area contributed by atoms with E-state index in [1.54, 1.807) is 68.4 Å². The predicted molar refractivity (Wildman–Crippen MR) is 136 cm³/mol. The number of ether oxygens (including phenoxy) is 2. The summed E-state index contributed by atoms with van der Waals surface area (Å²) in [4.78, 5) is 45.0. The lowest BCUT2D eigenvalue weighted by Gasteiger charge is -2.23. The summed E-state index contributed by atoms with van der Waals surface area (Å²) in [5, 5.41) is 11.4. The van der Waals surface area contributed by atoms with E-state index in [2.05, 4.69) is 4.98 Å². The van der Waals surface area contributed by atoms with Crippen molar-refractivity contribution in [3.63, 3.8) is 0 Å². The van der Waals surface area contributed by atoms with Crippen LogP contribution in [0.1, 0.15) is 52.8 Å². The number of esters is 1. The number of aromatic nitrogens is 1. The second-order valence-electron chi connectivity index (χ2n) is 8.09. The third kappa shape index (κ3) is 4.74. The van der Waals surface area contributed by atoms with Crippen LogP contribution in [0.4, 0.5) is 5.13 Å². The number of amides is 1. The number of ketones is 1. The van der Waals surface area contributed by atoms with Gasteiger partial charge in [0.2, 0.25) is 0 Å². The van der Waals surface area contributed by atoms with Crippen LogP contribution in [-0.4, -0.2) is 41.0 Å². The molecule has 0 saturated carbocycles. The highest BCUT2D eigenvalue weighted by Gasteiger charge is 2.48. The number of hydrogen-bond acceptors (Lipinski definition) is 8. The summed E-state index contributed by atoms with van der Waals surface area (Å²) in [6.07, 6.45) is 0.811. The van der Waals surface area contributed by atoms with Gasteiger partial charge in [-0.1, -0.05) is 60.7 Å². The molecule has 1 saturated heterocycles. The number of rotatable bonds is 8. The van der Waals surface area contributed by atoms with E-state index in [0.717, 1.165) is 17.8 Å². The molecule has 3 aromatic rings. The first kappa shape index (κ1) is 25.1. The molecule has 4 rings (SSSR count). The van der Waals surface area contributed by atoms with Crippen molar-refractivity contribution in [2.45, 2.75) is 33.2 Å². The summed E-state index contributed by atoms with van der Waals surface area (Å²) in [7, 11) is 0. The Kier molecular flexibility index (Phi) is 7.49. The number of anilines is 1. The molecule has 1 aliphatic heterocycles. The van der Waals surface area contributed by atoms with Gasteiger partial charge in [0.25, 0.3) is 5.78 Å². The Balaban J connectivity index is 1.89. The maximum atomic E-state index is 13.4. The van der Waals surface area contributed by atoms with Crippen molar-refractivity contribution in [2.75, 3.05) is 18.1 Å². The maximum absolute atomic E-state index is 13.4. The molecule has 9 heteroatoms. The number of aryl methyl sites for hydroxylation is 1. The average molecular weight is 507 g/mol. The van der Waals surface area contributed by atoms with E-state index in [-0.39, 0.29) is 27.9 Å². The van der Waals surface area contributed by atoms with Crippen LogP contribution in [0.25, 0.3) is 5.76 Å². The molecular formula is C27H26N2O6S. The van der Waals surface area contributed by atoms with Crippen LogP contribution in [-0.2, 0) is 14.3 Å². The molecular weight excluding hydrogens is 480 g/mol. The minimum Gasteiger partial charge on any atom is -0.507 e. The molecule has 1 amide bonds. The number of aliphatic hydroxyl groups excluding tert-OH is 1. The van der Waals surface area contributed by atoms with Crippen LogP contribution >= 0.6 is 11.3 Å². The molecule has 0 bridgehead atoms. The monoisotopic (exact) mass is 506 g/mol. The van der Waals surface area contributed by atoms with Gasteiger partial charge in [-0.05, 0) is 38.0 Å². The molecule has 8 nitrogen and oxygen atoms in total. The zero-order chi connectivity index (χ0) is 25.8. The van der Waals surface area contributed by atoms with Gasteiger partial charge in [-0.15, -0.1) is 0 Å². The first-order valence-electron chi connectivity index (χ1n) is 11.6. The Hall–Kier alpha value is -3.98. The fourth-order valence-corrected chi connectivity index (χ4v) is 4.95. The lowest BCUT2D eigenvalue weighted by molar-refractivity contribution is -0.132. The van der Waals surface area contributed by atoms with Crippen molar-refractivity contribution in [2.24, 2.45) is 0 Å². The zero-order valence-corrected chi connectivity index (χ0v) is 21.0. The van der Waals surface area contributed by atoms with Crippen molar-refractivity contribution in [1.82, 2.24) is 4.98 Å². The number of nitrogens with zero attached hydrogens (tertiary/aromatic N) is 2. The van der Waals surface area contributed by atoms with Crippen molar-refractivity contribution < 1.29 is 29.0 Å². The normalized spacial score (nSPS) is 16.9. The highest BCUT2D eigenvalue weighted by Crippen LogP contribution is 2.44. The number of aliphatic hydroxyl groups is 1. The fraction of sp³-hybridized carbons (Fsp3) is 0.259. The minimum absolute atomic E-state index is 0.0654.